The van der Waals surface area contributed by atoms with E-state index in [0.29, 0.717) is 48.0 Å². The number of ether oxygens (including phenoxy) is 5. The maximum Gasteiger partial charge on any atom is 0.191 e. The quantitative estimate of drug-likeness (QED) is 0.112. The monoisotopic (exact) mass is 660 g/mol. The molecule has 6 rings (SSSR count). The maximum atomic E-state index is 6.16. The average Bonchev–Trinajstić information content (AvgIpc) is 3.14. The van der Waals surface area contributed by atoms with Crippen molar-refractivity contribution in [3.63, 3.8) is 0 Å². The fraction of sp³-hybridized carbons (Fsp3) is 0.381. The van der Waals surface area contributed by atoms with Crippen molar-refractivity contribution in [2.24, 2.45) is 21.8 Å². The topological polar surface area (TPSA) is 70.9 Å². The Morgan fingerprint density at radius 3 is 1.16 bits per heavy atom. The average molecular weight is 661 g/mol. The van der Waals surface area contributed by atoms with Gasteiger partial charge in [-0.1, -0.05) is 50.7 Å². The molecule has 4 aromatic rings. The second kappa shape index (κ2) is 17.6. The van der Waals surface area contributed by atoms with Crippen LogP contribution in [0.4, 0.5) is 11.4 Å². The van der Waals surface area contributed by atoms with Crippen molar-refractivity contribution < 1.29 is 23.7 Å². The van der Waals surface area contributed by atoms with Gasteiger partial charge in [-0.2, -0.15) is 0 Å². The predicted molar refractivity (Wildman–Crippen MR) is 197 cm³/mol. The van der Waals surface area contributed by atoms with E-state index < -0.39 is 0 Å². The van der Waals surface area contributed by atoms with Gasteiger partial charge in [-0.25, -0.2) is 9.98 Å². The lowest BCUT2D eigenvalue weighted by Gasteiger charge is -2.23. The Kier molecular flexibility index (Phi) is 12.2. The van der Waals surface area contributed by atoms with E-state index >= 15 is 0 Å². The van der Waals surface area contributed by atoms with Gasteiger partial charge in [0.05, 0.1) is 24.6 Å². The van der Waals surface area contributed by atoms with Gasteiger partial charge in [-0.15, -0.1) is 0 Å². The van der Waals surface area contributed by atoms with E-state index in [2.05, 4.69) is 0 Å². The van der Waals surface area contributed by atoms with Crippen molar-refractivity contribution >= 4 is 23.2 Å². The van der Waals surface area contributed by atoms with Crippen LogP contribution in [-0.4, -0.2) is 25.0 Å². The molecule has 4 aromatic carbocycles. The predicted octanol–water partition coefficient (Wildman–Crippen LogP) is 12.4. The number of hydrogen-bond donors (Lipinski definition) is 0. The molecule has 2 saturated carbocycles. The third-order valence-electron chi connectivity index (χ3n) is 8.96. The molecule has 0 aromatic heterocycles. The summed E-state index contributed by atoms with van der Waals surface area (Å²) < 4.78 is 30.3. The third kappa shape index (κ3) is 10.1. The number of aliphatic imine (C=N–C) groups is 2. The van der Waals surface area contributed by atoms with Gasteiger partial charge < -0.3 is 23.7 Å². The second-order valence-electron chi connectivity index (χ2n) is 12.7. The van der Waals surface area contributed by atoms with Gasteiger partial charge >= 0.3 is 0 Å². The van der Waals surface area contributed by atoms with Crippen LogP contribution in [0.5, 0.6) is 34.5 Å². The van der Waals surface area contributed by atoms with Crippen LogP contribution >= 0.6 is 0 Å². The minimum atomic E-state index is 0.400. The molecule has 49 heavy (non-hydrogen) atoms. The highest BCUT2D eigenvalue weighted by molar-refractivity contribution is 5.82. The highest BCUT2D eigenvalue weighted by Gasteiger charge is 2.22. The molecule has 2 aliphatic rings. The molecule has 0 N–H and O–H groups in total. The van der Waals surface area contributed by atoms with Gasteiger partial charge in [0.15, 0.2) is 11.8 Å². The molecule has 0 amide bonds. The van der Waals surface area contributed by atoms with Crippen molar-refractivity contribution in [1.29, 1.82) is 0 Å². The molecule has 0 spiro atoms. The summed E-state index contributed by atoms with van der Waals surface area (Å²) in [6, 6.07) is 30.9. The molecule has 0 radical (unpaired) electrons. The maximum absolute atomic E-state index is 6.16. The summed E-state index contributed by atoms with van der Waals surface area (Å²) in [4.78, 5) is 9.75. The van der Waals surface area contributed by atoms with Crippen molar-refractivity contribution in [1.82, 2.24) is 0 Å². The molecule has 0 saturated heterocycles. The van der Waals surface area contributed by atoms with E-state index in [1.165, 1.54) is 38.5 Å². The first-order valence-electron chi connectivity index (χ1n) is 18.0. The van der Waals surface area contributed by atoms with Crippen LogP contribution < -0.4 is 14.2 Å². The van der Waals surface area contributed by atoms with Crippen LogP contribution in [0, 0.1) is 11.8 Å². The van der Waals surface area contributed by atoms with E-state index in [9.17, 15) is 0 Å². The fourth-order valence-corrected chi connectivity index (χ4v) is 6.52. The van der Waals surface area contributed by atoms with Crippen LogP contribution in [0.15, 0.2) is 107 Å². The molecule has 2 fully saturated rings. The van der Waals surface area contributed by atoms with Crippen molar-refractivity contribution in [2.75, 3.05) is 13.2 Å². The SMILES string of the molecule is CCO/C(=N\c1cccc(Oc2ccc(Oc3ccc(Oc4cccc(/N=C(\OCC)C5CCCCC5)c4)cc3)cc2)c1)C1CCCCC1. The molecule has 0 unspecified atom stereocenters. The summed E-state index contributed by atoms with van der Waals surface area (Å²) in [5.41, 5.74) is 1.68. The molecule has 0 heterocycles. The Morgan fingerprint density at radius 1 is 0.469 bits per heavy atom. The van der Waals surface area contributed by atoms with Crippen molar-refractivity contribution in [2.45, 2.75) is 78.1 Å². The van der Waals surface area contributed by atoms with Crippen LogP contribution in [0.3, 0.4) is 0 Å². The molecular formula is C42H48N2O5. The fourth-order valence-electron chi connectivity index (χ4n) is 6.52. The summed E-state index contributed by atoms with van der Waals surface area (Å²) >= 11 is 0. The van der Waals surface area contributed by atoms with Crippen molar-refractivity contribution in [3.05, 3.63) is 97.1 Å². The smallest absolute Gasteiger partial charge is 0.191 e. The van der Waals surface area contributed by atoms with Crippen molar-refractivity contribution in [3.8, 4) is 34.5 Å². The van der Waals surface area contributed by atoms with E-state index in [1.54, 1.807) is 0 Å². The number of hydrogen-bond acceptors (Lipinski definition) is 7. The zero-order valence-electron chi connectivity index (χ0n) is 28.8. The van der Waals surface area contributed by atoms with Crippen LogP contribution in [0.2, 0.25) is 0 Å². The molecule has 2 aliphatic carbocycles. The zero-order valence-corrected chi connectivity index (χ0v) is 28.8. The summed E-state index contributed by atoms with van der Waals surface area (Å²) in [5.74, 6) is 6.80. The Bertz CT molecular complexity index is 1550. The lowest BCUT2D eigenvalue weighted by atomic mass is 9.89. The summed E-state index contributed by atoms with van der Waals surface area (Å²) in [7, 11) is 0. The van der Waals surface area contributed by atoms with Gasteiger partial charge in [0.1, 0.15) is 34.5 Å². The Morgan fingerprint density at radius 2 is 0.816 bits per heavy atom. The molecule has 0 aliphatic heterocycles. The minimum absolute atomic E-state index is 0.400. The lowest BCUT2D eigenvalue weighted by molar-refractivity contribution is 0.279. The van der Waals surface area contributed by atoms with Crippen LogP contribution in [0.25, 0.3) is 0 Å². The highest BCUT2D eigenvalue weighted by atomic mass is 16.5. The first-order valence-corrected chi connectivity index (χ1v) is 18.0. The lowest BCUT2D eigenvalue weighted by Crippen LogP contribution is -2.20. The zero-order chi connectivity index (χ0) is 33.7. The van der Waals surface area contributed by atoms with E-state index in [-0.39, 0.29) is 0 Å². The van der Waals surface area contributed by atoms with Gasteiger partial charge in [-0.3, -0.25) is 0 Å². The number of nitrogens with zero attached hydrogens (tertiary/aromatic N) is 2. The van der Waals surface area contributed by atoms with Crippen LogP contribution in [-0.2, 0) is 9.47 Å². The summed E-state index contributed by atoms with van der Waals surface area (Å²) in [5, 5.41) is 0. The molecule has 7 nitrogen and oxygen atoms in total. The van der Waals surface area contributed by atoms with Gasteiger partial charge in [0, 0.05) is 24.0 Å². The normalized spacial score (nSPS) is 16.2. The minimum Gasteiger partial charge on any atom is -0.481 e. The van der Waals surface area contributed by atoms with E-state index in [1.807, 2.05) is 111 Å². The van der Waals surface area contributed by atoms with Gasteiger partial charge in [0.2, 0.25) is 0 Å². The number of benzene rings is 4. The largest absolute Gasteiger partial charge is 0.481 e. The molecule has 256 valence electrons. The number of rotatable bonds is 12. The third-order valence-corrected chi connectivity index (χ3v) is 8.96. The van der Waals surface area contributed by atoms with Gasteiger partial charge in [0.25, 0.3) is 0 Å². The second-order valence-corrected chi connectivity index (χ2v) is 12.7. The van der Waals surface area contributed by atoms with Gasteiger partial charge in [-0.05, 0) is 112 Å². The first-order chi connectivity index (χ1) is 24.1. The Labute approximate surface area is 291 Å². The Balaban J connectivity index is 1.04. The molecule has 0 atom stereocenters. The van der Waals surface area contributed by atoms with Crippen LogP contribution in [0.1, 0.15) is 78.1 Å². The molecular weight excluding hydrogens is 612 g/mol. The Hall–Kier alpha value is -4.78. The first kappa shape index (κ1) is 34.1. The van der Waals surface area contributed by atoms with E-state index in [0.717, 1.165) is 60.4 Å². The highest BCUT2D eigenvalue weighted by Crippen LogP contribution is 2.33. The standard InChI is InChI=1S/C42H48N2O5/c1-3-45-41(31-13-7-5-8-14-31)43-33-17-11-19-39(29-33)48-37-25-21-35(22-26-37)47-36-23-27-38(28-24-36)49-40-20-12-18-34(30-40)44-42(46-4-2)32-15-9-6-10-16-32/h11-12,17-32H,3-10,13-16H2,1-2H3/b43-41-,44-42-. The van der Waals surface area contributed by atoms with E-state index in [4.69, 9.17) is 33.7 Å². The summed E-state index contributed by atoms with van der Waals surface area (Å²) in [6.07, 6.45) is 12.1. The molecule has 7 heteroatoms. The molecule has 0 bridgehead atoms. The summed E-state index contributed by atoms with van der Waals surface area (Å²) in [6.45, 7) is 5.28.